The van der Waals surface area contributed by atoms with E-state index in [1.165, 1.54) is 36.3 Å². The number of ether oxygens (including phenoxy) is 2. The molecule has 1 aliphatic heterocycles. The van der Waals surface area contributed by atoms with Gasteiger partial charge in [0, 0.05) is 19.8 Å². The zero-order valence-corrected chi connectivity index (χ0v) is 14.3. The summed E-state index contributed by atoms with van der Waals surface area (Å²) in [5, 5.41) is 0.0480. The smallest absolute Gasteiger partial charge is 0.262 e. The Morgan fingerprint density at radius 1 is 1.29 bits per heavy atom. The Balaban J connectivity index is 1.72. The quantitative estimate of drug-likeness (QED) is 0.769. The maximum Gasteiger partial charge on any atom is 0.262 e. The summed E-state index contributed by atoms with van der Waals surface area (Å²) >= 11 is 0. The van der Waals surface area contributed by atoms with Gasteiger partial charge in [0.2, 0.25) is 11.8 Å². The van der Waals surface area contributed by atoms with Crippen LogP contribution < -0.4 is 9.47 Å². The summed E-state index contributed by atoms with van der Waals surface area (Å²) in [4.78, 5) is 12.1. The van der Waals surface area contributed by atoms with Gasteiger partial charge in [-0.25, -0.2) is 13.4 Å². The summed E-state index contributed by atoms with van der Waals surface area (Å²) in [5.74, 6) is 0.665. The first kappa shape index (κ1) is 16.7. The van der Waals surface area contributed by atoms with Gasteiger partial charge in [-0.2, -0.15) is 9.29 Å². The Hall–Kier alpha value is -2.20. The molecule has 1 aliphatic rings. The van der Waals surface area contributed by atoms with E-state index in [9.17, 15) is 8.42 Å². The van der Waals surface area contributed by atoms with Crippen LogP contribution in [0.3, 0.4) is 0 Å². The summed E-state index contributed by atoms with van der Waals surface area (Å²) in [6, 6.07) is 0. The van der Waals surface area contributed by atoms with Crippen molar-refractivity contribution in [2.45, 2.75) is 24.0 Å². The van der Waals surface area contributed by atoms with Crippen LogP contribution >= 0.6 is 0 Å². The Bertz CT molecular complexity index is 807. The molecule has 10 heteroatoms. The van der Waals surface area contributed by atoms with Crippen LogP contribution in [0.4, 0.5) is 0 Å². The maximum atomic E-state index is 12.6. The van der Waals surface area contributed by atoms with Crippen LogP contribution in [0.1, 0.15) is 12.8 Å². The molecule has 0 N–H and O–H groups in total. The molecule has 9 nitrogen and oxygen atoms in total. The zero-order chi connectivity index (χ0) is 17.2. The third-order valence-electron chi connectivity index (χ3n) is 3.71. The number of rotatable bonds is 5. The highest BCUT2D eigenvalue weighted by molar-refractivity contribution is 7.89. The van der Waals surface area contributed by atoms with Crippen molar-refractivity contribution in [3.05, 3.63) is 24.9 Å². The molecule has 1 saturated heterocycles. The number of imidazole rings is 1. The SMILES string of the molecule is COc1cncc(OC2CCCN(S(=O)(=O)c3cn(C)cn3)C2)n1. The van der Waals surface area contributed by atoms with Gasteiger partial charge in [0.15, 0.2) is 5.03 Å². The number of nitrogens with zero attached hydrogens (tertiary/aromatic N) is 5. The second-order valence-corrected chi connectivity index (χ2v) is 7.41. The summed E-state index contributed by atoms with van der Waals surface area (Å²) in [5.41, 5.74) is 0. The largest absolute Gasteiger partial charge is 0.480 e. The number of aryl methyl sites for hydroxylation is 1. The van der Waals surface area contributed by atoms with Crippen LogP contribution in [0.15, 0.2) is 29.9 Å². The highest BCUT2D eigenvalue weighted by Gasteiger charge is 2.32. The Morgan fingerprint density at radius 2 is 2.08 bits per heavy atom. The molecule has 3 rings (SSSR count). The van der Waals surface area contributed by atoms with Gasteiger partial charge in [-0.05, 0) is 12.8 Å². The predicted octanol–water partition coefficient (Wildman–Crippen LogP) is 0.451. The Morgan fingerprint density at radius 3 is 2.79 bits per heavy atom. The average molecular weight is 353 g/mol. The summed E-state index contributed by atoms with van der Waals surface area (Å²) in [7, 11) is -0.391. The average Bonchev–Trinajstić information content (AvgIpc) is 3.02. The molecule has 1 unspecified atom stereocenters. The van der Waals surface area contributed by atoms with E-state index in [1.807, 2.05) is 0 Å². The van der Waals surface area contributed by atoms with Crippen LogP contribution in [0.2, 0.25) is 0 Å². The lowest BCUT2D eigenvalue weighted by Gasteiger charge is -2.31. The van der Waals surface area contributed by atoms with Crippen molar-refractivity contribution in [3.8, 4) is 11.8 Å². The molecule has 0 aliphatic carbocycles. The maximum absolute atomic E-state index is 12.6. The van der Waals surface area contributed by atoms with Gasteiger partial charge in [0.05, 0.1) is 32.4 Å². The Kier molecular flexibility index (Phi) is 4.67. The number of methoxy groups -OCH3 is 1. The lowest BCUT2D eigenvalue weighted by molar-refractivity contribution is 0.123. The van der Waals surface area contributed by atoms with Crippen molar-refractivity contribution in [2.24, 2.45) is 7.05 Å². The molecule has 0 radical (unpaired) electrons. The minimum atomic E-state index is -3.62. The van der Waals surface area contributed by atoms with Gasteiger partial charge in [-0.15, -0.1) is 0 Å². The molecule has 130 valence electrons. The number of hydrogen-bond donors (Lipinski definition) is 0. The fraction of sp³-hybridized carbons (Fsp3) is 0.500. The normalized spacial score (nSPS) is 19.2. The van der Waals surface area contributed by atoms with Crippen molar-refractivity contribution in [1.29, 1.82) is 0 Å². The van der Waals surface area contributed by atoms with E-state index in [-0.39, 0.29) is 17.7 Å². The van der Waals surface area contributed by atoms with Gasteiger partial charge in [0.1, 0.15) is 6.10 Å². The van der Waals surface area contributed by atoms with E-state index in [4.69, 9.17) is 9.47 Å². The highest BCUT2D eigenvalue weighted by atomic mass is 32.2. The number of piperidine rings is 1. The van der Waals surface area contributed by atoms with Crippen LogP contribution in [-0.2, 0) is 17.1 Å². The summed E-state index contributed by atoms with van der Waals surface area (Å²) in [6.45, 7) is 0.695. The number of hydrogen-bond acceptors (Lipinski definition) is 7. The molecule has 1 fully saturated rings. The predicted molar refractivity (Wildman–Crippen MR) is 84.2 cm³/mol. The fourth-order valence-corrected chi connectivity index (χ4v) is 4.01. The van der Waals surface area contributed by atoms with E-state index in [0.717, 1.165) is 6.42 Å². The topological polar surface area (TPSA) is 99.4 Å². The molecule has 1 atom stereocenters. The molecule has 0 amide bonds. The van der Waals surface area contributed by atoms with Gasteiger partial charge in [-0.3, -0.25) is 4.98 Å². The van der Waals surface area contributed by atoms with Crippen molar-refractivity contribution in [1.82, 2.24) is 23.8 Å². The summed E-state index contributed by atoms with van der Waals surface area (Å²) < 4.78 is 39.1. The van der Waals surface area contributed by atoms with E-state index in [2.05, 4.69) is 15.0 Å². The molecule has 2 aromatic rings. The summed E-state index contributed by atoms with van der Waals surface area (Å²) in [6.07, 6.45) is 7.07. The minimum absolute atomic E-state index is 0.0480. The molecule has 0 bridgehead atoms. The molecule has 0 saturated carbocycles. The lowest BCUT2D eigenvalue weighted by Crippen LogP contribution is -2.44. The van der Waals surface area contributed by atoms with Crippen molar-refractivity contribution < 1.29 is 17.9 Å². The van der Waals surface area contributed by atoms with Gasteiger partial charge < -0.3 is 14.0 Å². The van der Waals surface area contributed by atoms with Crippen molar-refractivity contribution in [2.75, 3.05) is 20.2 Å². The number of sulfonamides is 1. The first-order valence-corrected chi connectivity index (χ1v) is 8.94. The second-order valence-electron chi connectivity index (χ2n) is 5.52. The molecule has 24 heavy (non-hydrogen) atoms. The van der Waals surface area contributed by atoms with Crippen LogP contribution in [0.5, 0.6) is 11.8 Å². The van der Waals surface area contributed by atoms with Crippen LogP contribution in [-0.4, -0.2) is 58.5 Å². The van der Waals surface area contributed by atoms with E-state index in [1.54, 1.807) is 11.6 Å². The number of aromatic nitrogens is 4. The standard InChI is InChI=1S/C14H19N5O4S/c1-18-9-14(16-10-18)24(20,21)19-5-3-4-11(8-19)23-13-7-15-6-12(17-13)22-2/h6-7,9-11H,3-5,8H2,1-2H3. The van der Waals surface area contributed by atoms with E-state index in [0.29, 0.717) is 24.7 Å². The molecular weight excluding hydrogens is 334 g/mol. The minimum Gasteiger partial charge on any atom is -0.480 e. The first-order chi connectivity index (χ1) is 11.5. The third kappa shape index (κ3) is 3.49. The molecule has 0 aromatic carbocycles. The molecule has 3 heterocycles. The van der Waals surface area contributed by atoms with E-state index >= 15 is 0 Å². The Labute approximate surface area is 140 Å². The van der Waals surface area contributed by atoms with Crippen molar-refractivity contribution >= 4 is 10.0 Å². The zero-order valence-electron chi connectivity index (χ0n) is 13.5. The van der Waals surface area contributed by atoms with E-state index < -0.39 is 10.0 Å². The lowest BCUT2D eigenvalue weighted by atomic mass is 10.1. The van der Waals surface area contributed by atoms with Crippen molar-refractivity contribution in [3.63, 3.8) is 0 Å². The van der Waals surface area contributed by atoms with Crippen LogP contribution in [0.25, 0.3) is 0 Å². The third-order valence-corrected chi connectivity index (χ3v) is 5.46. The first-order valence-electron chi connectivity index (χ1n) is 7.50. The fourth-order valence-electron chi connectivity index (χ4n) is 2.53. The highest BCUT2D eigenvalue weighted by Crippen LogP contribution is 2.22. The second kappa shape index (κ2) is 6.73. The van der Waals surface area contributed by atoms with Gasteiger partial charge >= 0.3 is 0 Å². The molecule has 2 aromatic heterocycles. The van der Waals surface area contributed by atoms with Gasteiger partial charge in [-0.1, -0.05) is 0 Å². The molecular formula is C14H19N5O4S. The van der Waals surface area contributed by atoms with Crippen LogP contribution in [0, 0.1) is 0 Å². The van der Waals surface area contributed by atoms with Gasteiger partial charge in [0.25, 0.3) is 10.0 Å². The molecule has 0 spiro atoms. The monoisotopic (exact) mass is 353 g/mol.